The van der Waals surface area contributed by atoms with Gasteiger partial charge in [-0.25, -0.2) is 4.79 Å². The fourth-order valence-corrected chi connectivity index (χ4v) is 15.3. The molecule has 5 aliphatic rings. The zero-order valence-electron chi connectivity index (χ0n) is 31.1. The predicted octanol–water partition coefficient (Wildman–Crippen LogP) is 7.78. The number of methoxy groups -OCH3 is 1. The zero-order valence-corrected chi connectivity index (χ0v) is 32.1. The highest BCUT2D eigenvalue weighted by Gasteiger charge is 2.67. The van der Waals surface area contributed by atoms with E-state index in [4.69, 9.17) is 27.9 Å². The largest absolute Gasteiger partial charge is 0.496 e. The molecule has 7 rings (SSSR count). The summed E-state index contributed by atoms with van der Waals surface area (Å²) in [6, 6.07) is 3.79. The Morgan fingerprint density at radius 2 is 1.71 bits per heavy atom. The summed E-state index contributed by atoms with van der Waals surface area (Å²) in [6.45, 7) is 25.1. The molecule has 4 fully saturated rings. The average Bonchev–Trinajstić information content (AvgIpc) is 3.57. The van der Waals surface area contributed by atoms with Crippen molar-refractivity contribution in [2.75, 3.05) is 7.11 Å². The number of esters is 1. The fraction of sp³-hybridized carbons (Fsp3) is 0.750. The lowest BCUT2D eigenvalue weighted by Crippen LogP contribution is -2.65. The maximum Gasteiger partial charge on any atom is 0.458 e. The molecule has 3 saturated carbocycles. The van der Waals surface area contributed by atoms with Gasteiger partial charge in [0.25, 0.3) is 0 Å². The van der Waals surface area contributed by atoms with Crippen LogP contribution in [0.25, 0.3) is 0 Å². The van der Waals surface area contributed by atoms with Crippen LogP contribution >= 0.6 is 0 Å². The van der Waals surface area contributed by atoms with Gasteiger partial charge in [-0.1, -0.05) is 66.7 Å². The van der Waals surface area contributed by atoms with Gasteiger partial charge in [0.1, 0.15) is 22.8 Å². The Balaban J connectivity index is 1.30. The van der Waals surface area contributed by atoms with Crippen LogP contribution in [-0.2, 0) is 31.6 Å². The van der Waals surface area contributed by atoms with E-state index in [0.717, 1.165) is 17.7 Å². The van der Waals surface area contributed by atoms with E-state index in [1.165, 1.54) is 6.42 Å². The second kappa shape index (κ2) is 12.4. The minimum atomic E-state index is -2.07. The number of rotatable bonds is 12. The van der Waals surface area contributed by atoms with Crippen molar-refractivity contribution in [2.45, 2.75) is 149 Å². The van der Waals surface area contributed by atoms with Crippen molar-refractivity contribution >= 4 is 21.4 Å². The van der Waals surface area contributed by atoms with Gasteiger partial charge < -0.3 is 27.9 Å². The van der Waals surface area contributed by atoms with Gasteiger partial charge in [-0.2, -0.15) is 0 Å². The first-order valence-electron chi connectivity index (χ1n) is 17.9. The summed E-state index contributed by atoms with van der Waals surface area (Å²) in [4.78, 5) is 13.3. The molecule has 3 heterocycles. The third-order valence-electron chi connectivity index (χ3n) is 12.3. The van der Waals surface area contributed by atoms with E-state index in [1.807, 2.05) is 23.0 Å². The lowest BCUT2D eigenvalue weighted by molar-refractivity contribution is -0.199. The van der Waals surface area contributed by atoms with Crippen molar-refractivity contribution in [1.82, 2.24) is 15.0 Å². The minimum absolute atomic E-state index is 0.0669. The second-order valence-electron chi connectivity index (χ2n) is 16.8. The average molecular weight is 682 g/mol. The smallest absolute Gasteiger partial charge is 0.458 e. The SMILES string of the molecule is COc1ccc(C(CB2OC3CC4CC(C4(C)C)[C@]3(C)O2)Cn2cc(CO[Si](C(C)C)(C(C)C)C(C)C)nn2)c2c1C(=O)OC(C)(C)O2. The van der Waals surface area contributed by atoms with Crippen LogP contribution in [-0.4, -0.2) is 61.0 Å². The molecule has 1 aromatic heterocycles. The topological polar surface area (TPSA) is 103 Å². The van der Waals surface area contributed by atoms with Crippen molar-refractivity contribution in [3.63, 3.8) is 0 Å². The number of carbonyl (C=O) groups is 1. The molecule has 2 aromatic rings. The molecule has 0 N–H and O–H groups in total. The van der Waals surface area contributed by atoms with E-state index in [9.17, 15) is 4.79 Å². The van der Waals surface area contributed by atoms with Crippen molar-refractivity contribution in [1.29, 1.82) is 0 Å². The number of hydrogen-bond donors (Lipinski definition) is 0. The number of ether oxygens (including phenoxy) is 3. The lowest BCUT2D eigenvalue weighted by Gasteiger charge is -2.64. The van der Waals surface area contributed by atoms with Gasteiger partial charge in [0.05, 0.1) is 31.6 Å². The Labute approximate surface area is 288 Å². The van der Waals surface area contributed by atoms with Gasteiger partial charge in [0.2, 0.25) is 14.1 Å². The Morgan fingerprint density at radius 1 is 1.02 bits per heavy atom. The van der Waals surface area contributed by atoms with Crippen molar-refractivity contribution in [3.8, 4) is 11.5 Å². The molecule has 0 spiro atoms. The molecular weight excluding hydrogens is 625 g/mol. The van der Waals surface area contributed by atoms with Gasteiger partial charge in [0.15, 0.2) is 0 Å². The number of nitrogens with zero attached hydrogens (tertiary/aromatic N) is 3. The fourth-order valence-electron chi connectivity index (χ4n) is 9.92. The molecule has 3 aliphatic carbocycles. The Morgan fingerprint density at radius 3 is 2.33 bits per heavy atom. The summed E-state index contributed by atoms with van der Waals surface area (Å²) in [7, 11) is -0.943. The number of benzene rings is 1. The lowest BCUT2D eigenvalue weighted by atomic mass is 9.43. The second-order valence-corrected chi connectivity index (χ2v) is 22.3. The van der Waals surface area contributed by atoms with Crippen LogP contribution in [0.5, 0.6) is 11.5 Å². The van der Waals surface area contributed by atoms with Crippen LogP contribution in [0.1, 0.15) is 117 Å². The molecule has 12 heteroatoms. The van der Waals surface area contributed by atoms with Crippen LogP contribution in [0, 0.1) is 17.3 Å². The first-order chi connectivity index (χ1) is 22.4. The summed E-state index contributed by atoms with van der Waals surface area (Å²) in [5.74, 6) is 0.207. The maximum absolute atomic E-state index is 13.3. The van der Waals surface area contributed by atoms with E-state index in [1.54, 1.807) is 21.0 Å². The standard InChI is InChI=1S/C36H56BN3O7Si/c1-21(2)48(22(3)4,23(5)6)43-20-26-19-40(39-38-26)18-24(17-37-46-30-16-25-15-29(34(25,7)8)36(30,11)47-37)27-13-14-28(42-12)31-32(27)44-35(9,10)45-33(31)41/h13-14,19,21-25,29-30H,15-18,20H2,1-12H3/t24?,25?,29?,30?,36-/m0/s1. The van der Waals surface area contributed by atoms with Crippen molar-refractivity contribution in [3.05, 3.63) is 35.2 Å². The highest BCUT2D eigenvalue weighted by molar-refractivity contribution is 6.77. The van der Waals surface area contributed by atoms with Gasteiger partial charge in [0, 0.05) is 26.3 Å². The third-order valence-corrected chi connectivity index (χ3v) is 18.4. The van der Waals surface area contributed by atoms with Crippen molar-refractivity contribution in [2.24, 2.45) is 17.3 Å². The van der Waals surface area contributed by atoms with Gasteiger partial charge in [-0.3, -0.25) is 4.68 Å². The molecule has 264 valence electrons. The highest BCUT2D eigenvalue weighted by atomic mass is 28.4. The summed E-state index contributed by atoms with van der Waals surface area (Å²) in [5.41, 5.74) is 3.30. The zero-order chi connectivity index (χ0) is 35.0. The molecule has 4 unspecified atom stereocenters. The summed E-state index contributed by atoms with van der Waals surface area (Å²) >= 11 is 0. The highest BCUT2D eigenvalue weighted by Crippen LogP contribution is 2.66. The predicted molar refractivity (Wildman–Crippen MR) is 187 cm³/mol. The molecule has 5 atom stereocenters. The number of hydrogen-bond acceptors (Lipinski definition) is 9. The van der Waals surface area contributed by atoms with Crippen LogP contribution in [0.2, 0.25) is 22.9 Å². The number of cyclic esters (lactones) is 1. The number of fused-ring (bicyclic) bond motifs is 1. The van der Waals surface area contributed by atoms with Gasteiger partial charge >= 0.3 is 13.1 Å². The summed E-state index contributed by atoms with van der Waals surface area (Å²) in [5, 5.41) is 9.12. The Kier molecular flexibility index (Phi) is 9.17. The van der Waals surface area contributed by atoms with E-state index >= 15 is 0 Å². The molecule has 2 bridgehead atoms. The molecular formula is C36H56BN3O7Si. The Hall–Kier alpha value is -2.41. The monoisotopic (exact) mass is 681 g/mol. The molecule has 10 nitrogen and oxygen atoms in total. The minimum Gasteiger partial charge on any atom is -0.496 e. The molecule has 0 amide bonds. The first kappa shape index (κ1) is 35.4. The van der Waals surface area contributed by atoms with Crippen LogP contribution in [0.3, 0.4) is 0 Å². The van der Waals surface area contributed by atoms with E-state index in [-0.39, 0.29) is 23.0 Å². The molecule has 1 aromatic carbocycles. The molecule has 2 aliphatic heterocycles. The van der Waals surface area contributed by atoms with Crippen molar-refractivity contribution < 1.29 is 32.7 Å². The molecule has 0 radical (unpaired) electrons. The molecule has 1 saturated heterocycles. The third kappa shape index (κ3) is 5.82. The van der Waals surface area contributed by atoms with E-state index in [0.29, 0.717) is 65.0 Å². The van der Waals surface area contributed by atoms with E-state index < -0.39 is 27.2 Å². The van der Waals surface area contributed by atoms with Gasteiger partial charge in [-0.05, 0) is 71.6 Å². The summed E-state index contributed by atoms with van der Waals surface area (Å²) < 4.78 is 39.9. The molecule has 48 heavy (non-hydrogen) atoms. The van der Waals surface area contributed by atoms with Crippen LogP contribution in [0.4, 0.5) is 0 Å². The van der Waals surface area contributed by atoms with Crippen LogP contribution in [0.15, 0.2) is 18.3 Å². The number of aromatic nitrogens is 3. The van der Waals surface area contributed by atoms with E-state index in [2.05, 4.69) is 72.6 Å². The quantitative estimate of drug-likeness (QED) is 0.164. The normalized spacial score (nSPS) is 27.8. The number of carbonyl (C=O) groups excluding carboxylic acids is 1. The first-order valence-corrected chi connectivity index (χ1v) is 20.1. The van der Waals surface area contributed by atoms with Crippen LogP contribution < -0.4 is 9.47 Å². The Bertz CT molecular complexity index is 1500. The summed E-state index contributed by atoms with van der Waals surface area (Å²) in [6.07, 6.45) is 4.81. The van der Waals surface area contributed by atoms with Gasteiger partial charge in [-0.15, -0.1) is 5.10 Å². The maximum atomic E-state index is 13.3.